The number of amides is 3. The van der Waals surface area contributed by atoms with Gasteiger partial charge in [-0.05, 0) is 37.7 Å². The summed E-state index contributed by atoms with van der Waals surface area (Å²) in [5.74, 6) is -0.0786. The Morgan fingerprint density at radius 2 is 1.82 bits per heavy atom. The second-order valence-corrected chi connectivity index (χ2v) is 7.82. The fourth-order valence-corrected chi connectivity index (χ4v) is 4.19. The summed E-state index contributed by atoms with van der Waals surface area (Å²) in [6.45, 7) is 4.47. The van der Waals surface area contributed by atoms with Crippen LogP contribution >= 0.6 is 0 Å². The minimum Gasteiger partial charge on any atom is -0.356 e. The highest BCUT2D eigenvalue weighted by molar-refractivity contribution is 5.89. The molecule has 3 rings (SSSR count). The molecule has 0 aromatic heterocycles. The first-order valence-corrected chi connectivity index (χ1v) is 10.5. The van der Waals surface area contributed by atoms with E-state index in [1.807, 2.05) is 37.3 Å². The summed E-state index contributed by atoms with van der Waals surface area (Å²) in [6.07, 6.45) is 4.45. The van der Waals surface area contributed by atoms with Gasteiger partial charge in [0.25, 0.3) is 0 Å². The van der Waals surface area contributed by atoms with E-state index in [0.717, 1.165) is 31.2 Å². The molecule has 2 aliphatic heterocycles. The van der Waals surface area contributed by atoms with E-state index in [2.05, 4.69) is 5.32 Å². The molecule has 2 aliphatic rings. The maximum absolute atomic E-state index is 13.2. The average Bonchev–Trinajstić information content (AvgIpc) is 3.22. The summed E-state index contributed by atoms with van der Waals surface area (Å²) in [6, 6.07) is 9.27. The van der Waals surface area contributed by atoms with Gasteiger partial charge in [0.2, 0.25) is 17.7 Å². The largest absolute Gasteiger partial charge is 0.356 e. The molecule has 1 N–H and O–H groups in total. The normalized spacial score (nSPS) is 22.2. The number of carbonyl (C=O) groups is 3. The molecule has 1 aromatic rings. The van der Waals surface area contributed by atoms with Crippen LogP contribution in [0.3, 0.4) is 0 Å². The predicted molar refractivity (Wildman–Crippen MR) is 107 cm³/mol. The molecule has 6 heteroatoms. The van der Waals surface area contributed by atoms with Gasteiger partial charge in [-0.1, -0.05) is 37.3 Å². The first kappa shape index (κ1) is 20.4. The molecule has 3 amide bonds. The molecule has 152 valence electrons. The molecular weight excluding hydrogens is 354 g/mol. The lowest BCUT2D eigenvalue weighted by Crippen LogP contribution is -2.52. The molecule has 2 atom stereocenters. The highest BCUT2D eigenvalue weighted by Crippen LogP contribution is 2.24. The number of carbonyl (C=O) groups excluding carboxylic acids is 3. The summed E-state index contributed by atoms with van der Waals surface area (Å²) in [4.78, 5) is 41.8. The van der Waals surface area contributed by atoms with E-state index in [0.29, 0.717) is 39.0 Å². The Morgan fingerprint density at radius 1 is 1.07 bits per heavy atom. The SMILES string of the molecule is CCCNC(=O)C1CCCN(C(=O)C2CCCN2C(=O)Cc2ccccc2)C1. The molecule has 0 radical (unpaired) electrons. The van der Waals surface area contributed by atoms with E-state index in [1.54, 1.807) is 9.80 Å². The van der Waals surface area contributed by atoms with Gasteiger partial charge >= 0.3 is 0 Å². The highest BCUT2D eigenvalue weighted by atomic mass is 16.2. The molecule has 6 nitrogen and oxygen atoms in total. The van der Waals surface area contributed by atoms with Crippen LogP contribution in [0.5, 0.6) is 0 Å². The fraction of sp³-hybridized carbons (Fsp3) is 0.591. The Kier molecular flexibility index (Phi) is 7.06. The maximum atomic E-state index is 13.2. The number of likely N-dealkylation sites (tertiary alicyclic amines) is 2. The van der Waals surface area contributed by atoms with Crippen LogP contribution in [0.1, 0.15) is 44.6 Å². The monoisotopic (exact) mass is 385 g/mol. The van der Waals surface area contributed by atoms with Crippen molar-refractivity contribution in [1.29, 1.82) is 0 Å². The van der Waals surface area contributed by atoms with Gasteiger partial charge in [-0.3, -0.25) is 14.4 Å². The van der Waals surface area contributed by atoms with Crippen LogP contribution < -0.4 is 5.32 Å². The van der Waals surface area contributed by atoms with Crippen molar-refractivity contribution in [2.75, 3.05) is 26.2 Å². The predicted octanol–water partition coefficient (Wildman–Crippen LogP) is 1.98. The Balaban J connectivity index is 1.60. The van der Waals surface area contributed by atoms with Gasteiger partial charge in [0.1, 0.15) is 6.04 Å². The Bertz CT molecular complexity index is 692. The molecule has 0 spiro atoms. The minimum atomic E-state index is -0.381. The summed E-state index contributed by atoms with van der Waals surface area (Å²) in [7, 11) is 0. The molecule has 1 aromatic carbocycles. The third-order valence-electron chi connectivity index (χ3n) is 5.71. The molecule has 2 unspecified atom stereocenters. The van der Waals surface area contributed by atoms with Gasteiger partial charge < -0.3 is 15.1 Å². The van der Waals surface area contributed by atoms with Crippen LogP contribution in [-0.2, 0) is 20.8 Å². The first-order chi connectivity index (χ1) is 13.6. The number of nitrogens with zero attached hydrogens (tertiary/aromatic N) is 2. The molecule has 0 bridgehead atoms. The van der Waals surface area contributed by atoms with Crippen molar-refractivity contribution in [2.24, 2.45) is 5.92 Å². The lowest BCUT2D eigenvalue weighted by molar-refractivity contribution is -0.145. The average molecular weight is 386 g/mol. The number of rotatable bonds is 6. The maximum Gasteiger partial charge on any atom is 0.245 e. The number of nitrogens with one attached hydrogen (secondary N) is 1. The number of piperidine rings is 1. The summed E-state index contributed by atoms with van der Waals surface area (Å²) >= 11 is 0. The van der Waals surface area contributed by atoms with Crippen molar-refractivity contribution < 1.29 is 14.4 Å². The number of hydrogen-bond donors (Lipinski definition) is 1. The van der Waals surface area contributed by atoms with Gasteiger partial charge in [0.05, 0.1) is 12.3 Å². The van der Waals surface area contributed by atoms with Gasteiger partial charge in [-0.25, -0.2) is 0 Å². The summed E-state index contributed by atoms with van der Waals surface area (Å²) < 4.78 is 0. The van der Waals surface area contributed by atoms with E-state index < -0.39 is 0 Å². The smallest absolute Gasteiger partial charge is 0.245 e. The van der Waals surface area contributed by atoms with Crippen molar-refractivity contribution in [2.45, 2.75) is 51.5 Å². The molecule has 0 saturated carbocycles. The van der Waals surface area contributed by atoms with Crippen LogP contribution in [-0.4, -0.2) is 59.7 Å². The zero-order valence-corrected chi connectivity index (χ0v) is 16.7. The second-order valence-electron chi connectivity index (χ2n) is 7.82. The van der Waals surface area contributed by atoms with Crippen molar-refractivity contribution in [3.8, 4) is 0 Å². The van der Waals surface area contributed by atoms with Gasteiger partial charge in [0.15, 0.2) is 0 Å². The van der Waals surface area contributed by atoms with Crippen molar-refractivity contribution in [1.82, 2.24) is 15.1 Å². The van der Waals surface area contributed by atoms with Gasteiger partial charge in [0, 0.05) is 26.2 Å². The molecule has 2 fully saturated rings. The second kappa shape index (κ2) is 9.71. The first-order valence-electron chi connectivity index (χ1n) is 10.5. The number of benzene rings is 1. The Morgan fingerprint density at radius 3 is 2.57 bits per heavy atom. The summed E-state index contributed by atoms with van der Waals surface area (Å²) in [5.41, 5.74) is 0.969. The van der Waals surface area contributed by atoms with Crippen LogP contribution in [0.2, 0.25) is 0 Å². The minimum absolute atomic E-state index is 0.00639. The Hall–Kier alpha value is -2.37. The van der Waals surface area contributed by atoms with Crippen LogP contribution in [0.15, 0.2) is 30.3 Å². The van der Waals surface area contributed by atoms with Crippen LogP contribution in [0.4, 0.5) is 0 Å². The van der Waals surface area contributed by atoms with Crippen molar-refractivity contribution >= 4 is 17.7 Å². The van der Waals surface area contributed by atoms with E-state index in [-0.39, 0.29) is 29.7 Å². The van der Waals surface area contributed by atoms with Crippen molar-refractivity contribution in [3.05, 3.63) is 35.9 Å². The third kappa shape index (κ3) is 4.91. The molecular formula is C22H31N3O3. The standard InChI is InChI=1S/C22H31N3O3/c1-2-12-23-21(27)18-10-6-13-24(16-18)22(28)19-11-7-14-25(19)20(26)15-17-8-4-3-5-9-17/h3-5,8-9,18-19H,2,6-7,10-16H2,1H3,(H,23,27). The summed E-state index contributed by atoms with van der Waals surface area (Å²) in [5, 5.41) is 2.94. The van der Waals surface area contributed by atoms with Crippen LogP contribution in [0.25, 0.3) is 0 Å². The molecule has 0 aliphatic carbocycles. The number of hydrogen-bond acceptors (Lipinski definition) is 3. The zero-order chi connectivity index (χ0) is 19.9. The third-order valence-corrected chi connectivity index (χ3v) is 5.71. The van der Waals surface area contributed by atoms with Crippen molar-refractivity contribution in [3.63, 3.8) is 0 Å². The zero-order valence-electron chi connectivity index (χ0n) is 16.7. The molecule has 28 heavy (non-hydrogen) atoms. The van der Waals surface area contributed by atoms with E-state index in [9.17, 15) is 14.4 Å². The quantitative estimate of drug-likeness (QED) is 0.814. The highest BCUT2D eigenvalue weighted by Gasteiger charge is 2.38. The van der Waals surface area contributed by atoms with Gasteiger partial charge in [-0.2, -0.15) is 0 Å². The lowest BCUT2D eigenvalue weighted by atomic mass is 9.96. The molecule has 2 heterocycles. The van der Waals surface area contributed by atoms with Gasteiger partial charge in [-0.15, -0.1) is 0 Å². The lowest BCUT2D eigenvalue weighted by Gasteiger charge is -2.35. The van der Waals surface area contributed by atoms with Crippen LogP contribution in [0, 0.1) is 5.92 Å². The van der Waals surface area contributed by atoms with E-state index in [4.69, 9.17) is 0 Å². The van der Waals surface area contributed by atoms with E-state index in [1.165, 1.54) is 0 Å². The Labute approximate surface area is 167 Å². The molecule has 2 saturated heterocycles. The topological polar surface area (TPSA) is 69.7 Å². The fourth-order valence-electron chi connectivity index (χ4n) is 4.19. The van der Waals surface area contributed by atoms with E-state index >= 15 is 0 Å².